The van der Waals surface area contributed by atoms with Gasteiger partial charge in [0.2, 0.25) is 0 Å². The molecule has 20 heavy (non-hydrogen) atoms. The van der Waals surface area contributed by atoms with Gasteiger partial charge in [-0.05, 0) is 6.07 Å². The zero-order valence-electron chi connectivity index (χ0n) is 11.2. The van der Waals surface area contributed by atoms with Gasteiger partial charge in [0.15, 0.2) is 0 Å². The molecule has 0 amide bonds. The Bertz CT molecular complexity index is 733. The van der Waals surface area contributed by atoms with Gasteiger partial charge in [0.05, 0.1) is 17.6 Å². The summed E-state index contributed by atoms with van der Waals surface area (Å²) in [6.45, 7) is 0. The molecule has 0 radical (unpaired) electrons. The minimum absolute atomic E-state index is 0.625. The Morgan fingerprint density at radius 2 is 2.25 bits per heavy atom. The average Bonchev–Trinajstić information content (AvgIpc) is 3.06. The number of nitrogens with two attached hydrogens (primary N) is 1. The summed E-state index contributed by atoms with van der Waals surface area (Å²) in [7, 11) is 3.49. The van der Waals surface area contributed by atoms with Crippen molar-refractivity contribution in [1.82, 2.24) is 14.8 Å². The first kappa shape index (κ1) is 12.7. The maximum atomic E-state index is 6.16. The van der Waals surface area contributed by atoms with Gasteiger partial charge in [-0.2, -0.15) is 5.10 Å². The smallest absolute Gasteiger partial charge is 0.130 e. The van der Waals surface area contributed by atoms with Gasteiger partial charge in [-0.15, -0.1) is 11.3 Å². The fourth-order valence-corrected chi connectivity index (χ4v) is 2.90. The number of nitrogen functional groups attached to an aromatic ring is 1. The van der Waals surface area contributed by atoms with E-state index < -0.39 is 0 Å². The van der Waals surface area contributed by atoms with Crippen LogP contribution in [-0.4, -0.2) is 21.9 Å². The van der Waals surface area contributed by atoms with Crippen molar-refractivity contribution in [1.29, 1.82) is 0 Å². The van der Waals surface area contributed by atoms with Crippen molar-refractivity contribution < 1.29 is 4.74 Å². The summed E-state index contributed by atoms with van der Waals surface area (Å²) in [5.74, 6) is 1.45. The third-order valence-electron chi connectivity index (χ3n) is 3.09. The second-order valence-electron chi connectivity index (χ2n) is 4.32. The number of hydrogen-bond donors (Lipinski definition) is 1. The van der Waals surface area contributed by atoms with E-state index in [0.717, 1.165) is 27.4 Å². The van der Waals surface area contributed by atoms with Gasteiger partial charge < -0.3 is 10.5 Å². The first-order valence-electron chi connectivity index (χ1n) is 6.06. The van der Waals surface area contributed by atoms with Crippen LogP contribution in [0.3, 0.4) is 0 Å². The zero-order chi connectivity index (χ0) is 14.1. The van der Waals surface area contributed by atoms with Crippen LogP contribution in [0, 0.1) is 0 Å². The van der Waals surface area contributed by atoms with E-state index in [0.29, 0.717) is 5.82 Å². The summed E-state index contributed by atoms with van der Waals surface area (Å²) in [6, 6.07) is 5.83. The van der Waals surface area contributed by atoms with Crippen molar-refractivity contribution in [2.75, 3.05) is 12.8 Å². The fourth-order valence-electron chi connectivity index (χ4n) is 2.05. The Kier molecular flexibility index (Phi) is 3.15. The lowest BCUT2D eigenvalue weighted by molar-refractivity contribution is 0.417. The summed E-state index contributed by atoms with van der Waals surface area (Å²) in [5, 5.41) is 6.47. The van der Waals surface area contributed by atoms with E-state index in [1.165, 1.54) is 0 Å². The topological polar surface area (TPSA) is 66.0 Å². The fraction of sp³-hybridized carbons (Fsp3) is 0.143. The van der Waals surface area contributed by atoms with Gasteiger partial charge in [-0.3, -0.25) is 9.67 Å². The number of aryl methyl sites for hydroxylation is 1. The number of anilines is 1. The third kappa shape index (κ3) is 2.04. The van der Waals surface area contributed by atoms with Crippen molar-refractivity contribution in [3.8, 4) is 27.4 Å². The summed E-state index contributed by atoms with van der Waals surface area (Å²) in [4.78, 5) is 5.18. The van der Waals surface area contributed by atoms with E-state index in [1.807, 2.05) is 30.6 Å². The number of aromatic nitrogens is 3. The van der Waals surface area contributed by atoms with Gasteiger partial charge in [0.1, 0.15) is 17.3 Å². The number of ether oxygens (including phenoxy) is 1. The molecule has 3 aromatic rings. The van der Waals surface area contributed by atoms with Crippen molar-refractivity contribution >= 4 is 17.2 Å². The third-order valence-corrected chi connectivity index (χ3v) is 4.00. The SMILES string of the molecule is COc1csc(-c2nn(C)c(N)c2-c2cccnc2)c1. The summed E-state index contributed by atoms with van der Waals surface area (Å²) in [6.07, 6.45) is 3.53. The van der Waals surface area contributed by atoms with Crippen LogP contribution in [0.15, 0.2) is 36.0 Å². The minimum Gasteiger partial charge on any atom is -0.496 e. The van der Waals surface area contributed by atoms with E-state index >= 15 is 0 Å². The normalized spacial score (nSPS) is 10.7. The molecule has 0 fully saturated rings. The first-order chi connectivity index (χ1) is 9.70. The molecule has 0 aliphatic heterocycles. The highest BCUT2D eigenvalue weighted by atomic mass is 32.1. The Morgan fingerprint density at radius 3 is 2.90 bits per heavy atom. The number of pyridine rings is 1. The molecule has 2 N–H and O–H groups in total. The second-order valence-corrected chi connectivity index (χ2v) is 5.24. The van der Waals surface area contributed by atoms with E-state index in [9.17, 15) is 0 Å². The van der Waals surface area contributed by atoms with Gasteiger partial charge in [0.25, 0.3) is 0 Å². The van der Waals surface area contributed by atoms with Crippen LogP contribution in [0.1, 0.15) is 0 Å². The van der Waals surface area contributed by atoms with E-state index in [1.54, 1.807) is 35.5 Å². The van der Waals surface area contributed by atoms with Crippen LogP contribution in [0.4, 0.5) is 5.82 Å². The molecular formula is C14H14N4OS. The zero-order valence-corrected chi connectivity index (χ0v) is 12.0. The van der Waals surface area contributed by atoms with Crippen molar-refractivity contribution in [2.24, 2.45) is 7.05 Å². The molecule has 0 atom stereocenters. The molecule has 0 bridgehead atoms. The standard InChI is InChI=1S/C14H14N4OS/c1-18-14(15)12(9-4-3-5-16-7-9)13(17-18)11-6-10(19-2)8-20-11/h3-8H,15H2,1-2H3. The molecule has 0 spiro atoms. The number of nitrogens with zero attached hydrogens (tertiary/aromatic N) is 3. The van der Waals surface area contributed by atoms with E-state index in [4.69, 9.17) is 10.5 Å². The van der Waals surface area contributed by atoms with Gasteiger partial charge in [-0.1, -0.05) is 6.07 Å². The minimum atomic E-state index is 0.625. The molecular weight excluding hydrogens is 272 g/mol. The maximum Gasteiger partial charge on any atom is 0.130 e. The molecule has 0 aliphatic rings. The van der Waals surface area contributed by atoms with Crippen LogP contribution in [0.25, 0.3) is 21.7 Å². The Morgan fingerprint density at radius 1 is 1.40 bits per heavy atom. The molecule has 0 saturated heterocycles. The Labute approximate surface area is 120 Å². The van der Waals surface area contributed by atoms with Crippen molar-refractivity contribution in [2.45, 2.75) is 0 Å². The van der Waals surface area contributed by atoms with Crippen LogP contribution < -0.4 is 10.5 Å². The summed E-state index contributed by atoms with van der Waals surface area (Å²) < 4.78 is 6.92. The Hall–Kier alpha value is -2.34. The van der Waals surface area contributed by atoms with Gasteiger partial charge >= 0.3 is 0 Å². The molecule has 0 aliphatic carbocycles. The molecule has 5 nitrogen and oxygen atoms in total. The van der Waals surface area contributed by atoms with Gasteiger partial charge in [-0.25, -0.2) is 0 Å². The molecule has 0 unspecified atom stereocenters. The Balaban J connectivity index is 2.19. The first-order valence-corrected chi connectivity index (χ1v) is 6.94. The van der Waals surface area contributed by atoms with Crippen molar-refractivity contribution in [3.05, 3.63) is 36.0 Å². The lowest BCUT2D eigenvalue weighted by Crippen LogP contribution is -1.98. The summed E-state index contributed by atoms with van der Waals surface area (Å²) in [5.41, 5.74) is 8.88. The lowest BCUT2D eigenvalue weighted by Gasteiger charge is -2.02. The van der Waals surface area contributed by atoms with Gasteiger partial charge in [0, 0.05) is 36.5 Å². The predicted molar refractivity (Wildman–Crippen MR) is 80.7 cm³/mol. The number of thiophene rings is 1. The highest BCUT2D eigenvalue weighted by Crippen LogP contribution is 2.39. The lowest BCUT2D eigenvalue weighted by atomic mass is 10.1. The maximum absolute atomic E-state index is 6.16. The summed E-state index contributed by atoms with van der Waals surface area (Å²) >= 11 is 1.58. The monoisotopic (exact) mass is 286 g/mol. The number of methoxy groups -OCH3 is 1. The molecule has 3 heterocycles. The van der Waals surface area contributed by atoms with Crippen LogP contribution >= 0.6 is 11.3 Å². The number of rotatable bonds is 3. The molecule has 102 valence electrons. The quantitative estimate of drug-likeness (QED) is 0.804. The van der Waals surface area contributed by atoms with Crippen molar-refractivity contribution in [3.63, 3.8) is 0 Å². The highest BCUT2D eigenvalue weighted by Gasteiger charge is 2.19. The van der Waals surface area contributed by atoms with E-state index in [2.05, 4.69) is 10.1 Å². The van der Waals surface area contributed by atoms with Crippen LogP contribution in [-0.2, 0) is 7.05 Å². The molecule has 6 heteroatoms. The highest BCUT2D eigenvalue weighted by molar-refractivity contribution is 7.13. The van der Waals surface area contributed by atoms with E-state index in [-0.39, 0.29) is 0 Å². The second kappa shape index (κ2) is 4.97. The average molecular weight is 286 g/mol. The largest absolute Gasteiger partial charge is 0.496 e. The van der Waals surface area contributed by atoms with Crippen LogP contribution in [0.5, 0.6) is 5.75 Å². The molecule has 0 saturated carbocycles. The predicted octanol–water partition coefficient (Wildman–Crippen LogP) is 2.80. The molecule has 3 aromatic heterocycles. The molecule has 0 aromatic carbocycles. The van der Waals surface area contributed by atoms with Crippen LogP contribution in [0.2, 0.25) is 0 Å². The number of hydrogen-bond acceptors (Lipinski definition) is 5. The molecule has 3 rings (SSSR count).